The molecule has 4 N–H and O–H groups in total. The van der Waals surface area contributed by atoms with E-state index in [0.717, 1.165) is 52.9 Å². The molecule has 306 valence electrons. The molecule has 0 atom stereocenters. The second-order valence-electron chi connectivity index (χ2n) is 15.5. The number of benzene rings is 4. The van der Waals surface area contributed by atoms with Gasteiger partial charge < -0.3 is 30.2 Å². The largest absolute Gasteiger partial charge is 0.497 e. The third kappa shape index (κ3) is 9.82. The molecule has 59 heavy (non-hydrogen) atoms. The van der Waals surface area contributed by atoms with Gasteiger partial charge in [-0.15, -0.1) is 0 Å². The molecule has 0 radical (unpaired) electrons. The van der Waals surface area contributed by atoms with Crippen LogP contribution >= 0.6 is 0 Å². The SMILES string of the molecule is CCc1c(Oc2ccc(NC(=O)Nc3cc(C(C)(C)C)nn3-c3ccc(C)cc3)c3ccccc23)ccnc1Nc1cc(OC)cc(C(=O)NCCN2CCOCC2)c1. The molecule has 1 aliphatic heterocycles. The van der Waals surface area contributed by atoms with Gasteiger partial charge in [-0.25, -0.2) is 14.5 Å². The van der Waals surface area contributed by atoms with Crippen LogP contribution in [-0.2, 0) is 16.6 Å². The lowest BCUT2D eigenvalue weighted by atomic mass is 9.92. The summed E-state index contributed by atoms with van der Waals surface area (Å²) in [6.07, 6.45) is 2.29. The summed E-state index contributed by atoms with van der Waals surface area (Å²) in [6, 6.07) is 28.2. The number of methoxy groups -OCH3 is 1. The number of urea groups is 1. The van der Waals surface area contributed by atoms with Gasteiger partial charge >= 0.3 is 6.03 Å². The number of aryl methyl sites for hydroxylation is 1. The highest BCUT2D eigenvalue weighted by Crippen LogP contribution is 2.38. The van der Waals surface area contributed by atoms with Crippen molar-refractivity contribution in [3.05, 3.63) is 120 Å². The molecule has 1 fully saturated rings. The van der Waals surface area contributed by atoms with Crippen LogP contribution < -0.4 is 30.7 Å². The number of carbonyl (C=O) groups is 2. The molecular formula is C46H52N8O5. The molecule has 1 aliphatic rings. The quantitative estimate of drug-likeness (QED) is 0.0902. The smallest absolute Gasteiger partial charge is 0.324 e. The number of morpholine rings is 1. The van der Waals surface area contributed by atoms with E-state index in [1.165, 1.54) is 0 Å². The minimum absolute atomic E-state index is 0.188. The average Bonchev–Trinajstić information content (AvgIpc) is 3.66. The first kappa shape index (κ1) is 40.7. The van der Waals surface area contributed by atoms with Gasteiger partial charge in [-0.05, 0) is 55.8 Å². The van der Waals surface area contributed by atoms with Crippen molar-refractivity contribution < 1.29 is 23.8 Å². The summed E-state index contributed by atoms with van der Waals surface area (Å²) >= 11 is 0. The van der Waals surface area contributed by atoms with E-state index in [-0.39, 0.29) is 11.3 Å². The summed E-state index contributed by atoms with van der Waals surface area (Å²) in [5.41, 5.74) is 5.20. The van der Waals surface area contributed by atoms with E-state index >= 15 is 0 Å². The summed E-state index contributed by atoms with van der Waals surface area (Å²) in [5.74, 6) is 2.74. The van der Waals surface area contributed by atoms with Crippen LogP contribution in [0, 0.1) is 6.92 Å². The predicted molar refractivity (Wildman–Crippen MR) is 233 cm³/mol. The maximum atomic E-state index is 13.6. The van der Waals surface area contributed by atoms with E-state index in [1.54, 1.807) is 30.1 Å². The van der Waals surface area contributed by atoms with Gasteiger partial charge in [-0.3, -0.25) is 15.0 Å². The number of nitrogens with zero attached hydrogens (tertiary/aromatic N) is 4. The zero-order valence-corrected chi connectivity index (χ0v) is 34.5. The average molecular weight is 797 g/mol. The predicted octanol–water partition coefficient (Wildman–Crippen LogP) is 8.84. The maximum Gasteiger partial charge on any atom is 0.324 e. The van der Waals surface area contributed by atoms with Crippen molar-refractivity contribution >= 4 is 45.7 Å². The number of hydrogen-bond acceptors (Lipinski definition) is 9. The third-order valence-corrected chi connectivity index (χ3v) is 10.2. The van der Waals surface area contributed by atoms with Crippen LogP contribution in [0.15, 0.2) is 97.2 Å². The third-order valence-electron chi connectivity index (χ3n) is 10.2. The molecule has 0 bridgehead atoms. The van der Waals surface area contributed by atoms with Crippen molar-refractivity contribution in [1.82, 2.24) is 25.0 Å². The number of carbonyl (C=O) groups excluding carboxylic acids is 2. The minimum atomic E-state index is -0.401. The summed E-state index contributed by atoms with van der Waals surface area (Å²) < 4.78 is 19.4. The van der Waals surface area contributed by atoms with Crippen LogP contribution in [0.25, 0.3) is 16.5 Å². The summed E-state index contributed by atoms with van der Waals surface area (Å²) in [7, 11) is 1.58. The Labute approximate surface area is 345 Å². The zero-order chi connectivity index (χ0) is 41.5. The molecule has 13 heteroatoms. The van der Waals surface area contributed by atoms with Gasteiger partial charge in [0.2, 0.25) is 0 Å². The van der Waals surface area contributed by atoms with Crippen molar-refractivity contribution in [3.63, 3.8) is 0 Å². The number of amides is 3. The Bertz CT molecular complexity index is 2430. The summed E-state index contributed by atoms with van der Waals surface area (Å²) in [4.78, 5) is 33.8. The topological polar surface area (TPSA) is 144 Å². The highest BCUT2D eigenvalue weighted by molar-refractivity contribution is 6.07. The van der Waals surface area contributed by atoms with Crippen molar-refractivity contribution in [2.75, 3.05) is 62.5 Å². The molecule has 0 aliphatic carbocycles. The molecule has 2 aromatic heterocycles. The second kappa shape index (κ2) is 18.0. The molecule has 3 heterocycles. The molecule has 0 saturated carbocycles. The van der Waals surface area contributed by atoms with E-state index in [1.807, 2.05) is 92.7 Å². The molecule has 0 spiro atoms. The molecule has 1 saturated heterocycles. The summed E-state index contributed by atoms with van der Waals surface area (Å²) in [5, 5.41) is 19.0. The monoisotopic (exact) mass is 796 g/mol. The van der Waals surface area contributed by atoms with Gasteiger partial charge in [-0.1, -0.05) is 69.7 Å². The number of pyridine rings is 1. The normalized spacial score (nSPS) is 13.2. The molecule has 6 aromatic rings. The number of hydrogen-bond donors (Lipinski definition) is 4. The van der Waals surface area contributed by atoms with E-state index < -0.39 is 6.03 Å². The fraction of sp³-hybridized carbons (Fsp3) is 0.304. The number of rotatable bonds is 13. The van der Waals surface area contributed by atoms with E-state index in [2.05, 4.69) is 51.9 Å². The van der Waals surface area contributed by atoms with E-state index in [0.29, 0.717) is 72.0 Å². The first-order valence-electron chi connectivity index (χ1n) is 20.0. The lowest BCUT2D eigenvalue weighted by molar-refractivity contribution is 0.0383. The number of aromatic nitrogens is 3. The first-order valence-corrected chi connectivity index (χ1v) is 20.0. The van der Waals surface area contributed by atoms with Gasteiger partial charge in [0.15, 0.2) is 0 Å². The Morgan fingerprint density at radius 3 is 2.37 bits per heavy atom. The molecule has 4 aromatic carbocycles. The van der Waals surface area contributed by atoms with Gasteiger partial charge in [-0.2, -0.15) is 5.10 Å². The van der Waals surface area contributed by atoms with Crippen LogP contribution in [0.3, 0.4) is 0 Å². The van der Waals surface area contributed by atoms with Crippen molar-refractivity contribution in [3.8, 4) is 22.9 Å². The zero-order valence-electron chi connectivity index (χ0n) is 34.5. The van der Waals surface area contributed by atoms with Crippen molar-refractivity contribution in [1.29, 1.82) is 0 Å². The van der Waals surface area contributed by atoms with Crippen molar-refractivity contribution in [2.45, 2.75) is 46.5 Å². The Kier molecular flexibility index (Phi) is 12.4. The minimum Gasteiger partial charge on any atom is -0.497 e. The van der Waals surface area contributed by atoms with Gasteiger partial charge in [0.1, 0.15) is 28.9 Å². The Morgan fingerprint density at radius 2 is 1.64 bits per heavy atom. The lowest BCUT2D eigenvalue weighted by Crippen LogP contribution is -2.41. The first-order chi connectivity index (χ1) is 28.5. The van der Waals surface area contributed by atoms with Crippen molar-refractivity contribution in [2.24, 2.45) is 0 Å². The molecule has 0 unspecified atom stereocenters. The maximum absolute atomic E-state index is 13.6. The number of fused-ring (bicyclic) bond motifs is 1. The molecule has 3 amide bonds. The molecule has 7 rings (SSSR count). The van der Waals surface area contributed by atoms with Gasteiger partial charge in [0.05, 0.1) is 37.4 Å². The second-order valence-corrected chi connectivity index (χ2v) is 15.5. The number of anilines is 4. The van der Waals surface area contributed by atoms with Gasteiger partial charge in [0.25, 0.3) is 5.91 Å². The van der Waals surface area contributed by atoms with Crippen LogP contribution in [0.4, 0.5) is 27.8 Å². The highest BCUT2D eigenvalue weighted by Gasteiger charge is 2.22. The van der Waals surface area contributed by atoms with Crippen LogP contribution in [0.5, 0.6) is 17.2 Å². The van der Waals surface area contributed by atoms with Gasteiger partial charge in [0, 0.05) is 77.5 Å². The fourth-order valence-corrected chi connectivity index (χ4v) is 6.91. The fourth-order valence-electron chi connectivity index (χ4n) is 6.91. The Morgan fingerprint density at radius 1 is 0.881 bits per heavy atom. The number of nitrogens with one attached hydrogen (secondary N) is 4. The standard InChI is InChI=1S/C46H52N8O5/c1-7-35-40(18-19-47-43(35)49-32-26-31(27-34(28-32)57-6)44(55)48-20-21-53-22-24-58-25-23-53)59-39-17-16-38(36-10-8-9-11-37(36)39)50-45(56)51-42-29-41(46(3,4)5)52-54(42)33-14-12-30(2)13-15-33/h8-19,26-29H,7,20-25H2,1-6H3,(H,47,49)(H,48,55)(H2,50,51,56). The van der Waals surface area contributed by atoms with Crippen LogP contribution in [0.2, 0.25) is 0 Å². The summed E-state index contributed by atoms with van der Waals surface area (Å²) in [6.45, 7) is 14.8. The number of ether oxygens (including phenoxy) is 3. The highest BCUT2D eigenvalue weighted by atomic mass is 16.5. The van der Waals surface area contributed by atoms with Crippen LogP contribution in [-0.4, -0.2) is 78.1 Å². The lowest BCUT2D eigenvalue weighted by Gasteiger charge is -2.26. The van der Waals surface area contributed by atoms with E-state index in [9.17, 15) is 9.59 Å². The van der Waals surface area contributed by atoms with E-state index in [4.69, 9.17) is 19.3 Å². The molecule has 13 nitrogen and oxygen atoms in total. The van der Waals surface area contributed by atoms with Crippen LogP contribution in [0.1, 0.15) is 54.9 Å². The Hall–Kier alpha value is -6.44. The molecular weight excluding hydrogens is 745 g/mol. The Balaban J connectivity index is 1.09.